The minimum Gasteiger partial charge on any atom is -0.488 e. The summed E-state index contributed by atoms with van der Waals surface area (Å²) >= 11 is 0. The Morgan fingerprint density at radius 2 is 2.06 bits per heavy atom. The first-order chi connectivity index (χ1) is 8.69. The Labute approximate surface area is 108 Å². The van der Waals surface area contributed by atoms with Crippen LogP contribution >= 0.6 is 0 Å². The maximum absolute atomic E-state index is 5.85. The van der Waals surface area contributed by atoms with Crippen LogP contribution in [0.4, 0.5) is 0 Å². The fraction of sp³-hybridized carbons (Fsp3) is 0.188. The molecule has 1 heterocycles. The van der Waals surface area contributed by atoms with Gasteiger partial charge in [0, 0.05) is 17.3 Å². The molecule has 1 aliphatic rings. The van der Waals surface area contributed by atoms with Crippen molar-refractivity contribution in [2.45, 2.75) is 13.8 Å². The Balaban J connectivity index is 2.65. The lowest BCUT2D eigenvalue weighted by molar-refractivity contribution is 0.348. The van der Waals surface area contributed by atoms with Gasteiger partial charge in [-0.2, -0.15) is 0 Å². The molecule has 0 amide bonds. The summed E-state index contributed by atoms with van der Waals surface area (Å²) in [7, 11) is 0. The van der Waals surface area contributed by atoms with Crippen LogP contribution < -0.4 is 4.74 Å². The topological polar surface area (TPSA) is 21.6 Å². The van der Waals surface area contributed by atoms with Crippen LogP contribution in [0.3, 0.4) is 0 Å². The fourth-order valence-electron chi connectivity index (χ4n) is 2.07. The van der Waals surface area contributed by atoms with E-state index in [0.29, 0.717) is 6.61 Å². The summed E-state index contributed by atoms with van der Waals surface area (Å²) in [6, 6.07) is 4.14. The van der Waals surface area contributed by atoms with Crippen LogP contribution in [0.2, 0.25) is 0 Å². The number of aliphatic imine (C=N–C) groups is 1. The van der Waals surface area contributed by atoms with E-state index in [1.807, 2.05) is 6.08 Å². The highest BCUT2D eigenvalue weighted by Gasteiger charge is 2.22. The zero-order valence-electron chi connectivity index (χ0n) is 10.9. The van der Waals surface area contributed by atoms with Crippen LogP contribution in [-0.2, 0) is 0 Å². The van der Waals surface area contributed by atoms with Crippen molar-refractivity contribution in [3.05, 3.63) is 65.9 Å². The van der Waals surface area contributed by atoms with Gasteiger partial charge in [0.1, 0.15) is 12.4 Å². The molecule has 0 N–H and O–H groups in total. The third-order valence-corrected chi connectivity index (χ3v) is 3.15. The number of hydrogen-bond acceptors (Lipinski definition) is 2. The Bertz CT molecular complexity index is 565. The highest BCUT2D eigenvalue weighted by molar-refractivity contribution is 6.16. The van der Waals surface area contributed by atoms with Crippen LogP contribution in [0.5, 0.6) is 5.75 Å². The van der Waals surface area contributed by atoms with Gasteiger partial charge in [-0.25, -0.2) is 0 Å². The van der Waals surface area contributed by atoms with Crippen molar-refractivity contribution in [1.29, 1.82) is 0 Å². The molecule has 1 aromatic carbocycles. The van der Waals surface area contributed by atoms with Crippen molar-refractivity contribution < 1.29 is 4.74 Å². The first-order valence-electron chi connectivity index (χ1n) is 5.93. The van der Waals surface area contributed by atoms with Gasteiger partial charge in [-0.05, 0) is 31.0 Å². The number of allylic oxidation sites excluding steroid dienone is 2. The fourth-order valence-corrected chi connectivity index (χ4v) is 2.07. The number of fused-ring (bicyclic) bond motifs is 1. The average Bonchev–Trinajstić information content (AvgIpc) is 2.37. The minimum atomic E-state index is 0.524. The zero-order valence-corrected chi connectivity index (χ0v) is 10.9. The molecule has 2 rings (SSSR count). The molecule has 0 saturated carbocycles. The van der Waals surface area contributed by atoms with E-state index in [4.69, 9.17) is 4.74 Å². The van der Waals surface area contributed by atoms with Crippen LogP contribution in [0, 0.1) is 13.8 Å². The summed E-state index contributed by atoms with van der Waals surface area (Å²) < 4.78 is 5.85. The van der Waals surface area contributed by atoms with E-state index in [0.717, 1.165) is 22.6 Å². The number of ether oxygens (including phenoxy) is 1. The second kappa shape index (κ2) is 5.05. The molecule has 0 atom stereocenters. The zero-order chi connectivity index (χ0) is 13.1. The molecule has 0 bridgehead atoms. The van der Waals surface area contributed by atoms with Crippen molar-refractivity contribution in [1.82, 2.24) is 0 Å². The monoisotopic (exact) mass is 239 g/mol. The molecule has 1 aromatic rings. The molecule has 1 aliphatic heterocycles. The first kappa shape index (κ1) is 12.4. The van der Waals surface area contributed by atoms with Gasteiger partial charge in [0.25, 0.3) is 0 Å². The smallest absolute Gasteiger partial charge is 0.132 e. The summed E-state index contributed by atoms with van der Waals surface area (Å²) in [5.74, 6) is 0.928. The number of hydrogen-bond donors (Lipinski definition) is 0. The van der Waals surface area contributed by atoms with Crippen LogP contribution in [0.25, 0.3) is 0 Å². The van der Waals surface area contributed by atoms with Gasteiger partial charge in [0.2, 0.25) is 0 Å². The molecule has 0 spiro atoms. The Morgan fingerprint density at radius 3 is 2.72 bits per heavy atom. The largest absolute Gasteiger partial charge is 0.488 e. The van der Waals surface area contributed by atoms with Gasteiger partial charge >= 0.3 is 0 Å². The predicted molar refractivity (Wildman–Crippen MR) is 76.4 cm³/mol. The SMILES string of the molecule is C=C/C=C1/COc2c(ccc(C)c2C)C1=NC=C. The average molecular weight is 239 g/mol. The van der Waals surface area contributed by atoms with E-state index in [1.54, 1.807) is 12.3 Å². The molecular weight excluding hydrogens is 222 g/mol. The maximum Gasteiger partial charge on any atom is 0.132 e. The van der Waals surface area contributed by atoms with E-state index in [9.17, 15) is 0 Å². The van der Waals surface area contributed by atoms with Crippen molar-refractivity contribution in [2.75, 3.05) is 6.61 Å². The number of aryl methyl sites for hydroxylation is 1. The van der Waals surface area contributed by atoms with Gasteiger partial charge in [0.05, 0.1) is 5.71 Å². The highest BCUT2D eigenvalue weighted by atomic mass is 16.5. The summed E-state index contributed by atoms with van der Waals surface area (Å²) in [6.07, 6.45) is 5.25. The lowest BCUT2D eigenvalue weighted by atomic mass is 9.94. The molecule has 2 nitrogen and oxygen atoms in total. The predicted octanol–water partition coefficient (Wildman–Crippen LogP) is 3.74. The van der Waals surface area contributed by atoms with Crippen molar-refractivity contribution in [2.24, 2.45) is 4.99 Å². The molecule has 0 radical (unpaired) electrons. The Morgan fingerprint density at radius 1 is 1.28 bits per heavy atom. The molecule has 18 heavy (non-hydrogen) atoms. The van der Waals surface area contributed by atoms with Crippen molar-refractivity contribution in [3.63, 3.8) is 0 Å². The summed E-state index contributed by atoms with van der Waals surface area (Å²) in [5.41, 5.74) is 5.37. The van der Waals surface area contributed by atoms with Gasteiger partial charge in [-0.3, -0.25) is 4.99 Å². The summed E-state index contributed by atoms with van der Waals surface area (Å²) in [6.45, 7) is 12.1. The van der Waals surface area contributed by atoms with Crippen LogP contribution in [0.15, 0.2) is 54.2 Å². The third kappa shape index (κ3) is 2.02. The summed E-state index contributed by atoms with van der Waals surface area (Å²) in [4.78, 5) is 4.38. The lowest BCUT2D eigenvalue weighted by Crippen LogP contribution is -2.20. The van der Waals surface area contributed by atoms with Gasteiger partial charge < -0.3 is 4.74 Å². The standard InChI is InChI=1S/C16H17NO/c1-5-7-13-10-18-16-12(4)11(3)8-9-14(16)15(13)17-6-2/h5-9H,1-2,10H2,3-4H3/b13-7-,17-15?. The van der Waals surface area contributed by atoms with Crippen LogP contribution in [-0.4, -0.2) is 12.3 Å². The maximum atomic E-state index is 5.85. The molecule has 92 valence electrons. The number of benzene rings is 1. The highest BCUT2D eigenvalue weighted by Crippen LogP contribution is 2.32. The Hall–Kier alpha value is -2.09. The normalized spacial score (nSPS) is 18.3. The van der Waals surface area contributed by atoms with Crippen molar-refractivity contribution >= 4 is 5.71 Å². The van der Waals surface area contributed by atoms with E-state index in [1.165, 1.54) is 11.1 Å². The quantitative estimate of drug-likeness (QED) is 0.770. The van der Waals surface area contributed by atoms with E-state index in [-0.39, 0.29) is 0 Å². The van der Waals surface area contributed by atoms with Crippen LogP contribution in [0.1, 0.15) is 16.7 Å². The third-order valence-electron chi connectivity index (χ3n) is 3.15. The lowest BCUT2D eigenvalue weighted by Gasteiger charge is -2.24. The van der Waals surface area contributed by atoms with Crippen molar-refractivity contribution in [3.8, 4) is 5.75 Å². The second-order valence-electron chi connectivity index (χ2n) is 4.26. The minimum absolute atomic E-state index is 0.524. The van der Waals surface area contributed by atoms with Gasteiger partial charge in [-0.1, -0.05) is 31.4 Å². The van der Waals surface area contributed by atoms with E-state index < -0.39 is 0 Å². The van der Waals surface area contributed by atoms with Gasteiger partial charge in [-0.15, -0.1) is 0 Å². The summed E-state index contributed by atoms with van der Waals surface area (Å²) in [5, 5.41) is 0. The van der Waals surface area contributed by atoms with E-state index >= 15 is 0 Å². The molecular formula is C16H17NO. The molecule has 2 heteroatoms. The molecule has 0 unspecified atom stereocenters. The first-order valence-corrected chi connectivity index (χ1v) is 5.93. The molecule has 0 saturated heterocycles. The molecule has 0 fully saturated rings. The van der Waals surface area contributed by atoms with E-state index in [2.05, 4.69) is 44.1 Å². The second-order valence-corrected chi connectivity index (χ2v) is 4.26. The number of nitrogens with zero attached hydrogens (tertiary/aromatic N) is 1. The Kier molecular flexibility index (Phi) is 3.47. The van der Waals surface area contributed by atoms with Gasteiger partial charge in [0.15, 0.2) is 0 Å². The number of rotatable bonds is 2. The molecule has 0 aromatic heterocycles. The molecule has 0 aliphatic carbocycles.